The lowest BCUT2D eigenvalue weighted by molar-refractivity contribution is 0.0540. The van der Waals surface area contributed by atoms with Gasteiger partial charge >= 0.3 is 0 Å². The number of nitrogens with one attached hydrogen (secondary N) is 1. The van der Waals surface area contributed by atoms with Crippen molar-refractivity contribution in [3.63, 3.8) is 0 Å². The molecule has 0 aromatic rings. The maximum absolute atomic E-state index is 9.07. The lowest BCUT2D eigenvalue weighted by Gasteiger charge is -2.45. The summed E-state index contributed by atoms with van der Waals surface area (Å²) in [5.41, 5.74) is 0. The second-order valence-corrected chi connectivity index (χ2v) is 7.34. The molecule has 1 saturated heterocycles. The number of aliphatic hydroxyl groups is 1. The summed E-state index contributed by atoms with van der Waals surface area (Å²) >= 11 is 0. The summed E-state index contributed by atoms with van der Waals surface area (Å²) in [7, 11) is 0. The normalized spacial score (nSPS) is 28.8. The van der Waals surface area contributed by atoms with Gasteiger partial charge in [0.2, 0.25) is 0 Å². The van der Waals surface area contributed by atoms with Crippen molar-refractivity contribution >= 4 is 0 Å². The van der Waals surface area contributed by atoms with E-state index < -0.39 is 0 Å². The van der Waals surface area contributed by atoms with Crippen LogP contribution < -0.4 is 5.32 Å². The van der Waals surface area contributed by atoms with E-state index in [1.54, 1.807) is 0 Å². The molecule has 0 amide bonds. The SMILES string of the molecule is CC(C)CCNC1CC(CCCO)CN(C2CCC2)C1. The Morgan fingerprint density at radius 3 is 2.65 bits per heavy atom. The Bertz CT molecular complexity index is 266. The van der Waals surface area contributed by atoms with Crippen molar-refractivity contribution in [2.24, 2.45) is 11.8 Å². The minimum absolute atomic E-state index is 0.353. The van der Waals surface area contributed by atoms with Gasteiger partial charge in [-0.1, -0.05) is 20.3 Å². The lowest BCUT2D eigenvalue weighted by atomic mass is 9.85. The van der Waals surface area contributed by atoms with Crippen LogP contribution in [0.2, 0.25) is 0 Å². The average molecular weight is 282 g/mol. The molecule has 2 rings (SSSR count). The van der Waals surface area contributed by atoms with Crippen molar-refractivity contribution in [3.8, 4) is 0 Å². The van der Waals surface area contributed by atoms with Gasteiger partial charge in [0.15, 0.2) is 0 Å². The van der Waals surface area contributed by atoms with Crippen LogP contribution in [0.3, 0.4) is 0 Å². The zero-order valence-electron chi connectivity index (χ0n) is 13.5. The van der Waals surface area contributed by atoms with Crippen LogP contribution in [0, 0.1) is 11.8 Å². The number of aliphatic hydroxyl groups excluding tert-OH is 1. The number of rotatable bonds is 8. The van der Waals surface area contributed by atoms with E-state index in [-0.39, 0.29) is 0 Å². The maximum Gasteiger partial charge on any atom is 0.0431 e. The summed E-state index contributed by atoms with van der Waals surface area (Å²) in [6.07, 6.45) is 9.00. The average Bonchev–Trinajstić information content (AvgIpc) is 2.33. The van der Waals surface area contributed by atoms with Gasteiger partial charge < -0.3 is 10.4 Å². The first-order valence-electron chi connectivity index (χ1n) is 8.77. The first-order valence-corrected chi connectivity index (χ1v) is 8.77. The minimum Gasteiger partial charge on any atom is -0.396 e. The van der Waals surface area contributed by atoms with E-state index in [0.717, 1.165) is 30.8 Å². The molecule has 3 nitrogen and oxygen atoms in total. The first kappa shape index (κ1) is 16.3. The molecule has 0 radical (unpaired) electrons. The van der Waals surface area contributed by atoms with Crippen molar-refractivity contribution in [2.45, 2.75) is 70.9 Å². The zero-order chi connectivity index (χ0) is 14.4. The summed E-state index contributed by atoms with van der Waals surface area (Å²) in [5, 5.41) is 12.9. The van der Waals surface area contributed by atoms with E-state index in [0.29, 0.717) is 12.6 Å². The topological polar surface area (TPSA) is 35.5 Å². The van der Waals surface area contributed by atoms with Crippen molar-refractivity contribution in [1.82, 2.24) is 10.2 Å². The van der Waals surface area contributed by atoms with Gasteiger partial charge in [-0.05, 0) is 56.9 Å². The van der Waals surface area contributed by atoms with E-state index in [9.17, 15) is 0 Å². The molecule has 0 aromatic heterocycles. The van der Waals surface area contributed by atoms with Gasteiger partial charge in [0.05, 0.1) is 0 Å². The lowest BCUT2D eigenvalue weighted by Crippen LogP contribution is -2.54. The van der Waals surface area contributed by atoms with Crippen LogP contribution >= 0.6 is 0 Å². The highest BCUT2D eigenvalue weighted by atomic mass is 16.2. The van der Waals surface area contributed by atoms with Gasteiger partial charge in [-0.15, -0.1) is 0 Å². The molecule has 0 bridgehead atoms. The van der Waals surface area contributed by atoms with Crippen molar-refractivity contribution < 1.29 is 5.11 Å². The maximum atomic E-state index is 9.07. The summed E-state index contributed by atoms with van der Waals surface area (Å²) in [6.45, 7) is 8.63. The van der Waals surface area contributed by atoms with Crippen LogP contribution in [0.25, 0.3) is 0 Å². The molecule has 1 aliphatic heterocycles. The Hall–Kier alpha value is -0.120. The number of hydrogen-bond acceptors (Lipinski definition) is 3. The van der Waals surface area contributed by atoms with E-state index in [2.05, 4.69) is 24.1 Å². The Morgan fingerprint density at radius 2 is 2.05 bits per heavy atom. The fraction of sp³-hybridized carbons (Fsp3) is 1.00. The summed E-state index contributed by atoms with van der Waals surface area (Å²) in [4.78, 5) is 2.74. The van der Waals surface area contributed by atoms with Gasteiger partial charge in [0, 0.05) is 31.8 Å². The monoisotopic (exact) mass is 282 g/mol. The molecular formula is C17H34N2O. The predicted octanol–water partition coefficient (Wildman–Crippen LogP) is 2.64. The summed E-state index contributed by atoms with van der Waals surface area (Å²) in [5.74, 6) is 1.58. The third kappa shape index (κ3) is 5.01. The predicted molar refractivity (Wildman–Crippen MR) is 84.9 cm³/mol. The quantitative estimate of drug-likeness (QED) is 0.718. The summed E-state index contributed by atoms with van der Waals surface area (Å²) < 4.78 is 0. The van der Waals surface area contributed by atoms with E-state index in [4.69, 9.17) is 5.11 Å². The molecule has 2 N–H and O–H groups in total. The second-order valence-electron chi connectivity index (χ2n) is 7.34. The van der Waals surface area contributed by atoms with Crippen LogP contribution in [0.15, 0.2) is 0 Å². The molecule has 0 spiro atoms. The Kier molecular flexibility index (Phi) is 6.79. The number of nitrogens with zero attached hydrogens (tertiary/aromatic N) is 1. The number of likely N-dealkylation sites (tertiary alicyclic amines) is 1. The largest absolute Gasteiger partial charge is 0.396 e. The van der Waals surface area contributed by atoms with Gasteiger partial charge in [0.1, 0.15) is 0 Å². The van der Waals surface area contributed by atoms with Gasteiger partial charge in [-0.25, -0.2) is 0 Å². The van der Waals surface area contributed by atoms with Gasteiger partial charge in [0.25, 0.3) is 0 Å². The summed E-state index contributed by atoms with van der Waals surface area (Å²) in [6, 6.07) is 1.54. The van der Waals surface area contributed by atoms with Crippen LogP contribution in [0.5, 0.6) is 0 Å². The highest BCUT2D eigenvalue weighted by Gasteiger charge is 2.33. The Morgan fingerprint density at radius 1 is 1.25 bits per heavy atom. The molecule has 2 unspecified atom stereocenters. The van der Waals surface area contributed by atoms with E-state index >= 15 is 0 Å². The van der Waals surface area contributed by atoms with Gasteiger partial charge in [-0.2, -0.15) is 0 Å². The highest BCUT2D eigenvalue weighted by Crippen LogP contribution is 2.30. The standard InChI is InChI=1S/C17H34N2O/c1-14(2)8-9-18-16-11-15(5-4-10-20)12-19(13-16)17-6-3-7-17/h14-18,20H,3-13H2,1-2H3. The van der Waals surface area contributed by atoms with Crippen LogP contribution in [-0.2, 0) is 0 Å². The molecule has 2 fully saturated rings. The van der Waals surface area contributed by atoms with Gasteiger partial charge in [-0.3, -0.25) is 4.90 Å². The van der Waals surface area contributed by atoms with E-state index in [1.165, 1.54) is 51.6 Å². The molecule has 2 atom stereocenters. The van der Waals surface area contributed by atoms with Crippen molar-refractivity contribution in [2.75, 3.05) is 26.2 Å². The Labute approximate surface area is 125 Å². The molecule has 1 heterocycles. The second kappa shape index (κ2) is 8.35. The molecular weight excluding hydrogens is 248 g/mol. The highest BCUT2D eigenvalue weighted by molar-refractivity contribution is 4.89. The third-order valence-corrected chi connectivity index (χ3v) is 5.08. The molecule has 1 saturated carbocycles. The van der Waals surface area contributed by atoms with Crippen molar-refractivity contribution in [3.05, 3.63) is 0 Å². The van der Waals surface area contributed by atoms with Crippen LogP contribution in [0.4, 0.5) is 0 Å². The van der Waals surface area contributed by atoms with Crippen LogP contribution in [0.1, 0.15) is 58.8 Å². The molecule has 3 heteroatoms. The molecule has 2 aliphatic rings. The van der Waals surface area contributed by atoms with E-state index in [1.807, 2.05) is 0 Å². The molecule has 1 aliphatic carbocycles. The fourth-order valence-electron chi connectivity index (χ4n) is 3.60. The molecule has 118 valence electrons. The number of hydrogen-bond donors (Lipinski definition) is 2. The van der Waals surface area contributed by atoms with Crippen molar-refractivity contribution in [1.29, 1.82) is 0 Å². The van der Waals surface area contributed by atoms with Crippen LogP contribution in [-0.4, -0.2) is 48.3 Å². The molecule has 0 aromatic carbocycles. The Balaban J connectivity index is 1.79. The molecule has 20 heavy (non-hydrogen) atoms. The minimum atomic E-state index is 0.353. The fourth-order valence-corrected chi connectivity index (χ4v) is 3.60. The number of piperidine rings is 1. The third-order valence-electron chi connectivity index (χ3n) is 5.08. The smallest absolute Gasteiger partial charge is 0.0431 e. The zero-order valence-corrected chi connectivity index (χ0v) is 13.5. The first-order chi connectivity index (χ1) is 9.69.